The quantitative estimate of drug-likeness (QED) is 0.657. The molecular formula is C13H13N3O3. The predicted octanol–water partition coefficient (Wildman–Crippen LogP) is 1.01. The van der Waals surface area contributed by atoms with Crippen LogP contribution in [0.2, 0.25) is 0 Å². The number of hydrogen-bond donors (Lipinski definition) is 1. The van der Waals surface area contributed by atoms with Gasteiger partial charge in [0.1, 0.15) is 6.10 Å². The number of carbonyl (C=O) groups excluding carboxylic acids is 1. The van der Waals surface area contributed by atoms with Gasteiger partial charge in [0.05, 0.1) is 18.9 Å². The van der Waals surface area contributed by atoms with Crippen LogP contribution < -0.4 is 5.73 Å². The molecule has 6 nitrogen and oxygen atoms in total. The second-order valence-corrected chi connectivity index (χ2v) is 4.30. The lowest BCUT2D eigenvalue weighted by Gasteiger charge is -2.25. The molecule has 3 rings (SSSR count). The number of anilines is 1. The van der Waals surface area contributed by atoms with Crippen molar-refractivity contribution in [3.8, 4) is 5.69 Å². The van der Waals surface area contributed by atoms with Crippen molar-refractivity contribution in [3.63, 3.8) is 0 Å². The summed E-state index contributed by atoms with van der Waals surface area (Å²) in [6.45, 7) is 0.925. The molecule has 19 heavy (non-hydrogen) atoms. The monoisotopic (exact) mass is 259 g/mol. The minimum Gasteiger partial charge on any atom is -0.453 e. The minimum atomic E-state index is -0.428. The highest BCUT2D eigenvalue weighted by atomic mass is 16.6. The molecule has 1 aliphatic heterocycles. The third kappa shape index (κ3) is 2.43. The minimum absolute atomic E-state index is 0.144. The smallest absolute Gasteiger partial charge is 0.359 e. The highest BCUT2D eigenvalue weighted by Crippen LogP contribution is 2.12. The first kappa shape index (κ1) is 11.7. The Balaban J connectivity index is 1.74. The lowest BCUT2D eigenvalue weighted by Crippen LogP contribution is -2.37. The van der Waals surface area contributed by atoms with Crippen molar-refractivity contribution in [1.82, 2.24) is 9.78 Å². The van der Waals surface area contributed by atoms with Gasteiger partial charge in [0, 0.05) is 11.9 Å². The molecule has 2 N–H and O–H groups in total. The van der Waals surface area contributed by atoms with Crippen molar-refractivity contribution >= 4 is 11.7 Å². The molecule has 0 spiro atoms. The SMILES string of the molecule is Nc1ccc(-n2ccc(C(=O)OC3COC3)n2)cc1. The fourth-order valence-corrected chi connectivity index (χ4v) is 1.70. The van der Waals surface area contributed by atoms with Crippen molar-refractivity contribution in [1.29, 1.82) is 0 Å². The molecular weight excluding hydrogens is 246 g/mol. The van der Waals surface area contributed by atoms with E-state index in [0.29, 0.717) is 18.9 Å². The molecule has 0 bridgehead atoms. The maximum Gasteiger partial charge on any atom is 0.359 e. The summed E-state index contributed by atoms with van der Waals surface area (Å²) in [6, 6.07) is 8.84. The maximum absolute atomic E-state index is 11.8. The molecule has 6 heteroatoms. The Bertz CT molecular complexity index is 587. The number of nitrogens with zero attached hydrogens (tertiary/aromatic N) is 2. The normalized spacial score (nSPS) is 14.9. The van der Waals surface area contributed by atoms with E-state index in [0.717, 1.165) is 5.69 Å². The molecule has 1 fully saturated rings. The highest BCUT2D eigenvalue weighted by Gasteiger charge is 2.24. The molecule has 0 saturated carbocycles. The Morgan fingerprint density at radius 1 is 1.32 bits per heavy atom. The summed E-state index contributed by atoms with van der Waals surface area (Å²) >= 11 is 0. The van der Waals surface area contributed by atoms with E-state index in [1.54, 1.807) is 29.1 Å². The van der Waals surface area contributed by atoms with Crippen LogP contribution in [-0.2, 0) is 9.47 Å². The second-order valence-electron chi connectivity index (χ2n) is 4.30. The van der Waals surface area contributed by atoms with Crippen molar-refractivity contribution in [3.05, 3.63) is 42.2 Å². The van der Waals surface area contributed by atoms with Crippen LogP contribution in [0.3, 0.4) is 0 Å². The van der Waals surface area contributed by atoms with E-state index < -0.39 is 5.97 Å². The molecule has 1 saturated heterocycles. The zero-order valence-electron chi connectivity index (χ0n) is 10.2. The van der Waals surface area contributed by atoms with Crippen LogP contribution in [0, 0.1) is 0 Å². The summed E-state index contributed by atoms with van der Waals surface area (Å²) in [5.74, 6) is -0.428. The van der Waals surface area contributed by atoms with E-state index >= 15 is 0 Å². The molecule has 0 radical (unpaired) electrons. The molecule has 0 aliphatic carbocycles. The van der Waals surface area contributed by atoms with Crippen molar-refractivity contribution in [2.24, 2.45) is 0 Å². The van der Waals surface area contributed by atoms with Crippen molar-refractivity contribution < 1.29 is 14.3 Å². The van der Waals surface area contributed by atoms with Crippen LogP contribution in [0.15, 0.2) is 36.5 Å². The Hall–Kier alpha value is -2.34. The molecule has 98 valence electrons. The van der Waals surface area contributed by atoms with Gasteiger partial charge >= 0.3 is 5.97 Å². The summed E-state index contributed by atoms with van der Waals surface area (Å²) in [5.41, 5.74) is 7.41. The fraction of sp³-hybridized carbons (Fsp3) is 0.231. The van der Waals surface area contributed by atoms with Crippen LogP contribution in [0.4, 0.5) is 5.69 Å². The van der Waals surface area contributed by atoms with Gasteiger partial charge in [0.2, 0.25) is 0 Å². The molecule has 2 heterocycles. The number of hydrogen-bond acceptors (Lipinski definition) is 5. The number of carbonyl (C=O) groups is 1. The Kier molecular flexibility index (Phi) is 2.92. The van der Waals surface area contributed by atoms with E-state index in [1.807, 2.05) is 12.1 Å². The number of aromatic nitrogens is 2. The standard InChI is InChI=1S/C13H13N3O3/c14-9-1-3-10(4-2-9)16-6-5-12(15-16)13(17)19-11-7-18-8-11/h1-6,11H,7-8,14H2. The predicted molar refractivity (Wildman–Crippen MR) is 68.0 cm³/mol. The van der Waals surface area contributed by atoms with Gasteiger partial charge in [-0.05, 0) is 30.3 Å². The van der Waals surface area contributed by atoms with Gasteiger partial charge in [-0.15, -0.1) is 0 Å². The summed E-state index contributed by atoms with van der Waals surface area (Å²) < 4.78 is 11.7. The maximum atomic E-state index is 11.8. The van der Waals surface area contributed by atoms with Crippen LogP contribution in [-0.4, -0.2) is 35.1 Å². The van der Waals surface area contributed by atoms with Gasteiger partial charge in [-0.2, -0.15) is 5.10 Å². The Morgan fingerprint density at radius 2 is 2.05 bits per heavy atom. The topological polar surface area (TPSA) is 79.4 Å². The van der Waals surface area contributed by atoms with Crippen LogP contribution in [0.5, 0.6) is 0 Å². The summed E-state index contributed by atoms with van der Waals surface area (Å²) in [5, 5.41) is 4.18. The molecule has 0 unspecified atom stereocenters. The molecule has 1 aliphatic rings. The molecule has 1 aromatic carbocycles. The van der Waals surface area contributed by atoms with E-state index in [9.17, 15) is 4.79 Å². The molecule has 2 aromatic rings. The lowest BCUT2D eigenvalue weighted by atomic mass is 10.3. The molecule has 0 amide bonds. The lowest BCUT2D eigenvalue weighted by molar-refractivity contribution is -0.103. The first-order valence-corrected chi connectivity index (χ1v) is 5.93. The fourth-order valence-electron chi connectivity index (χ4n) is 1.70. The van der Waals surface area contributed by atoms with Gasteiger partial charge in [-0.1, -0.05) is 0 Å². The van der Waals surface area contributed by atoms with Gasteiger partial charge in [0.15, 0.2) is 5.69 Å². The number of benzene rings is 1. The molecule has 0 atom stereocenters. The zero-order chi connectivity index (χ0) is 13.2. The first-order chi connectivity index (χ1) is 9.22. The van der Waals surface area contributed by atoms with Gasteiger partial charge < -0.3 is 15.2 Å². The van der Waals surface area contributed by atoms with E-state index in [-0.39, 0.29) is 11.8 Å². The Labute approximate surface area is 109 Å². The van der Waals surface area contributed by atoms with E-state index in [2.05, 4.69) is 5.10 Å². The van der Waals surface area contributed by atoms with E-state index in [4.69, 9.17) is 15.2 Å². The van der Waals surface area contributed by atoms with Crippen LogP contribution in [0.1, 0.15) is 10.5 Å². The summed E-state index contributed by atoms with van der Waals surface area (Å²) in [6.07, 6.45) is 1.56. The third-order valence-electron chi connectivity index (χ3n) is 2.84. The number of esters is 1. The van der Waals surface area contributed by atoms with Crippen LogP contribution in [0.25, 0.3) is 5.69 Å². The highest BCUT2D eigenvalue weighted by molar-refractivity contribution is 5.87. The van der Waals surface area contributed by atoms with E-state index in [1.165, 1.54) is 0 Å². The average molecular weight is 259 g/mol. The number of rotatable bonds is 3. The zero-order valence-corrected chi connectivity index (χ0v) is 10.2. The number of nitrogen functional groups attached to an aromatic ring is 1. The first-order valence-electron chi connectivity index (χ1n) is 5.93. The summed E-state index contributed by atoms with van der Waals surface area (Å²) in [4.78, 5) is 11.8. The summed E-state index contributed by atoms with van der Waals surface area (Å²) in [7, 11) is 0. The number of ether oxygens (including phenoxy) is 2. The van der Waals surface area contributed by atoms with Crippen LogP contribution >= 0.6 is 0 Å². The largest absolute Gasteiger partial charge is 0.453 e. The number of nitrogens with two attached hydrogens (primary N) is 1. The van der Waals surface area contributed by atoms with Crippen molar-refractivity contribution in [2.45, 2.75) is 6.10 Å². The molecule has 1 aromatic heterocycles. The average Bonchev–Trinajstić information content (AvgIpc) is 2.84. The third-order valence-corrected chi connectivity index (χ3v) is 2.84. The van der Waals surface area contributed by atoms with Crippen molar-refractivity contribution in [2.75, 3.05) is 18.9 Å². The van der Waals surface area contributed by atoms with Gasteiger partial charge in [-0.3, -0.25) is 0 Å². The second kappa shape index (κ2) is 4.74. The van der Waals surface area contributed by atoms with Gasteiger partial charge in [-0.25, -0.2) is 9.48 Å². The Morgan fingerprint density at radius 3 is 2.68 bits per heavy atom. The van der Waals surface area contributed by atoms with Gasteiger partial charge in [0.25, 0.3) is 0 Å².